The van der Waals surface area contributed by atoms with Gasteiger partial charge in [-0.3, -0.25) is 0 Å². The van der Waals surface area contributed by atoms with Gasteiger partial charge in [-0.1, -0.05) is 103 Å². The predicted molar refractivity (Wildman–Crippen MR) is 142 cm³/mol. The average Bonchev–Trinajstić information content (AvgIpc) is 3.35. The number of halogens is 2. The lowest BCUT2D eigenvalue weighted by Gasteiger charge is -2.30. The van der Waals surface area contributed by atoms with E-state index in [4.69, 9.17) is 16.3 Å². The minimum Gasteiger partial charge on any atom is -0.455 e. The van der Waals surface area contributed by atoms with Crippen molar-refractivity contribution in [3.8, 4) is 33.8 Å². The van der Waals surface area contributed by atoms with Gasteiger partial charge in [0.25, 0.3) is 0 Å². The van der Waals surface area contributed by atoms with Crippen molar-refractivity contribution in [3.63, 3.8) is 0 Å². The molecule has 0 unspecified atom stereocenters. The third kappa shape index (κ3) is 2.50. The maximum atomic E-state index is 6.54. The Morgan fingerprint density at radius 2 is 1.03 bits per heavy atom. The SMILES string of the molecule is Clc1cccc(Oc2cccc3c2-c2ccccc2C32c3ccccc3-c3ccccc32)c1Br. The lowest BCUT2D eigenvalue weighted by Crippen LogP contribution is -2.25. The molecule has 1 spiro atoms. The number of fused-ring (bicyclic) bond motifs is 10. The molecule has 34 heavy (non-hydrogen) atoms. The van der Waals surface area contributed by atoms with E-state index in [0.717, 1.165) is 15.8 Å². The van der Waals surface area contributed by atoms with Gasteiger partial charge in [0.1, 0.15) is 11.5 Å². The van der Waals surface area contributed by atoms with Crippen LogP contribution in [0.1, 0.15) is 22.3 Å². The summed E-state index contributed by atoms with van der Waals surface area (Å²) < 4.78 is 7.29. The molecule has 0 saturated heterocycles. The molecule has 2 aliphatic carbocycles. The Labute approximate surface area is 211 Å². The van der Waals surface area contributed by atoms with Crippen LogP contribution in [0.5, 0.6) is 11.5 Å². The van der Waals surface area contributed by atoms with Gasteiger partial charge in [-0.15, -0.1) is 0 Å². The summed E-state index contributed by atoms with van der Waals surface area (Å²) in [5.74, 6) is 1.53. The van der Waals surface area contributed by atoms with E-state index >= 15 is 0 Å². The molecule has 5 aromatic carbocycles. The van der Waals surface area contributed by atoms with E-state index in [1.54, 1.807) is 0 Å². The Balaban J connectivity index is 1.57. The van der Waals surface area contributed by atoms with E-state index in [1.165, 1.54) is 38.9 Å². The summed E-state index contributed by atoms with van der Waals surface area (Å²) in [6, 6.07) is 38.5. The summed E-state index contributed by atoms with van der Waals surface area (Å²) in [6.07, 6.45) is 0. The molecule has 0 aliphatic heterocycles. The van der Waals surface area contributed by atoms with Gasteiger partial charge in [0.05, 0.1) is 14.9 Å². The summed E-state index contributed by atoms with van der Waals surface area (Å²) in [5, 5.41) is 0.626. The second-order valence-corrected chi connectivity index (χ2v) is 9.92. The van der Waals surface area contributed by atoms with Crippen molar-refractivity contribution >= 4 is 27.5 Å². The summed E-state index contributed by atoms with van der Waals surface area (Å²) in [5.41, 5.74) is 9.75. The van der Waals surface area contributed by atoms with Crippen LogP contribution in [0.2, 0.25) is 5.02 Å². The average molecular weight is 522 g/mol. The number of benzene rings is 5. The minimum atomic E-state index is -0.371. The molecule has 0 bridgehead atoms. The molecule has 0 aromatic heterocycles. The van der Waals surface area contributed by atoms with Gasteiger partial charge in [-0.05, 0) is 73.1 Å². The highest BCUT2D eigenvalue weighted by atomic mass is 79.9. The van der Waals surface area contributed by atoms with Crippen LogP contribution in [0.25, 0.3) is 22.3 Å². The van der Waals surface area contributed by atoms with Gasteiger partial charge in [-0.2, -0.15) is 0 Å². The quantitative estimate of drug-likeness (QED) is 0.220. The van der Waals surface area contributed by atoms with Crippen molar-refractivity contribution in [3.05, 3.63) is 141 Å². The van der Waals surface area contributed by atoms with E-state index in [-0.39, 0.29) is 5.41 Å². The Morgan fingerprint density at radius 1 is 0.529 bits per heavy atom. The largest absolute Gasteiger partial charge is 0.455 e. The summed E-state index contributed by atoms with van der Waals surface area (Å²) in [4.78, 5) is 0. The van der Waals surface area contributed by atoms with Gasteiger partial charge < -0.3 is 4.74 Å². The highest BCUT2D eigenvalue weighted by molar-refractivity contribution is 9.10. The minimum absolute atomic E-state index is 0.371. The van der Waals surface area contributed by atoms with Crippen molar-refractivity contribution in [2.45, 2.75) is 5.41 Å². The first-order valence-corrected chi connectivity index (χ1v) is 12.4. The zero-order valence-electron chi connectivity index (χ0n) is 18.1. The van der Waals surface area contributed by atoms with E-state index in [1.807, 2.05) is 18.2 Å². The zero-order valence-corrected chi connectivity index (χ0v) is 20.4. The van der Waals surface area contributed by atoms with Crippen LogP contribution in [0.15, 0.2) is 114 Å². The molecular formula is C31H18BrClO. The predicted octanol–water partition coefficient (Wildman–Crippen LogP) is 9.24. The molecule has 2 aliphatic rings. The fraction of sp³-hybridized carbons (Fsp3) is 0.0323. The second-order valence-electron chi connectivity index (χ2n) is 8.72. The Morgan fingerprint density at radius 3 is 1.71 bits per heavy atom. The van der Waals surface area contributed by atoms with Gasteiger partial charge in [-0.25, -0.2) is 0 Å². The standard InChI is InChI=1S/C31H18BrClO/c32-30-26(33)16-8-18-28(30)34-27-17-7-15-25-29(27)21-11-3-6-14-24(21)31(25)22-12-4-1-9-19(22)20-10-2-5-13-23(20)31/h1-18H. The molecule has 3 heteroatoms. The monoisotopic (exact) mass is 520 g/mol. The van der Waals surface area contributed by atoms with Gasteiger partial charge in [0.15, 0.2) is 0 Å². The third-order valence-corrected chi connectivity index (χ3v) is 8.48. The molecule has 0 heterocycles. The number of rotatable bonds is 2. The Kier molecular flexibility index (Phi) is 4.33. The van der Waals surface area contributed by atoms with E-state index < -0.39 is 0 Å². The fourth-order valence-corrected chi connectivity index (χ4v) is 6.39. The molecule has 0 N–H and O–H groups in total. The molecule has 7 rings (SSSR count). The van der Waals surface area contributed by atoms with Crippen molar-refractivity contribution in [1.29, 1.82) is 0 Å². The molecule has 0 saturated carbocycles. The van der Waals surface area contributed by atoms with Gasteiger partial charge in [0, 0.05) is 5.56 Å². The second kappa shape index (κ2) is 7.33. The maximum Gasteiger partial charge on any atom is 0.143 e. The molecule has 0 atom stereocenters. The van der Waals surface area contributed by atoms with Crippen LogP contribution in [0.3, 0.4) is 0 Å². The first-order chi connectivity index (χ1) is 16.7. The number of ether oxygens (including phenoxy) is 1. The van der Waals surface area contributed by atoms with E-state index in [9.17, 15) is 0 Å². The van der Waals surface area contributed by atoms with E-state index in [0.29, 0.717) is 10.8 Å². The first-order valence-electron chi connectivity index (χ1n) is 11.3. The van der Waals surface area contributed by atoms with Crippen molar-refractivity contribution in [2.24, 2.45) is 0 Å². The Hall–Kier alpha value is -3.33. The van der Waals surface area contributed by atoms with Crippen molar-refractivity contribution < 1.29 is 4.74 Å². The van der Waals surface area contributed by atoms with Crippen LogP contribution in [0.4, 0.5) is 0 Å². The summed E-state index contributed by atoms with van der Waals surface area (Å²) in [7, 11) is 0. The zero-order chi connectivity index (χ0) is 22.9. The van der Waals surface area contributed by atoms with Crippen LogP contribution >= 0.6 is 27.5 Å². The molecule has 0 fully saturated rings. The lowest BCUT2D eigenvalue weighted by molar-refractivity contribution is 0.481. The van der Waals surface area contributed by atoms with Crippen LogP contribution < -0.4 is 4.74 Å². The van der Waals surface area contributed by atoms with Gasteiger partial charge in [0.2, 0.25) is 0 Å². The number of hydrogen-bond donors (Lipinski definition) is 0. The molecule has 1 nitrogen and oxygen atoms in total. The van der Waals surface area contributed by atoms with E-state index in [2.05, 4.69) is 107 Å². The molecule has 0 amide bonds. The smallest absolute Gasteiger partial charge is 0.143 e. The molecule has 162 valence electrons. The highest BCUT2D eigenvalue weighted by Gasteiger charge is 2.52. The summed E-state index contributed by atoms with van der Waals surface area (Å²) >= 11 is 9.96. The third-order valence-electron chi connectivity index (χ3n) is 7.12. The van der Waals surface area contributed by atoms with Crippen LogP contribution in [0, 0.1) is 0 Å². The lowest BCUT2D eigenvalue weighted by atomic mass is 9.70. The highest BCUT2D eigenvalue weighted by Crippen LogP contribution is 2.64. The van der Waals surface area contributed by atoms with Gasteiger partial charge >= 0.3 is 0 Å². The van der Waals surface area contributed by atoms with Crippen LogP contribution in [-0.4, -0.2) is 0 Å². The maximum absolute atomic E-state index is 6.54. The van der Waals surface area contributed by atoms with Crippen LogP contribution in [-0.2, 0) is 5.41 Å². The summed E-state index contributed by atoms with van der Waals surface area (Å²) in [6.45, 7) is 0. The Bertz CT molecular complexity index is 1570. The fourth-order valence-electron chi connectivity index (χ4n) is 5.88. The van der Waals surface area contributed by atoms with Crippen molar-refractivity contribution in [2.75, 3.05) is 0 Å². The first kappa shape index (κ1) is 20.1. The normalized spacial score (nSPS) is 13.8. The molecule has 5 aromatic rings. The van der Waals surface area contributed by atoms with Crippen molar-refractivity contribution in [1.82, 2.24) is 0 Å². The number of hydrogen-bond acceptors (Lipinski definition) is 1. The molecular weight excluding hydrogens is 504 g/mol. The molecule has 0 radical (unpaired) electrons. The topological polar surface area (TPSA) is 9.23 Å².